The van der Waals surface area contributed by atoms with E-state index in [0.29, 0.717) is 11.4 Å². The van der Waals surface area contributed by atoms with Crippen molar-refractivity contribution in [3.05, 3.63) is 59.1 Å². The molecule has 0 unspecified atom stereocenters. The van der Waals surface area contributed by atoms with Gasteiger partial charge in [0.05, 0.1) is 6.54 Å². The van der Waals surface area contributed by atoms with Crippen molar-refractivity contribution in [1.29, 1.82) is 5.26 Å². The Balaban J connectivity index is 1.91. The van der Waals surface area contributed by atoms with Crippen LogP contribution in [0.1, 0.15) is 17.1 Å². The van der Waals surface area contributed by atoms with Gasteiger partial charge in [0.15, 0.2) is 0 Å². The van der Waals surface area contributed by atoms with E-state index in [1.807, 2.05) is 19.1 Å². The predicted octanol–water partition coefficient (Wildman–Crippen LogP) is 1.24. The standard InChI is InChI=1S/C18H16N4O4/c1-11-2-4-13(5-3-11)22-18(25)17(24)21-10-15-7-6-14(26-15)8-12(9-19)16(20)23/h2-8H,10H2,1H3,(H2,20,23)(H,21,24)(H,22,25)/b12-8-. The van der Waals surface area contributed by atoms with Gasteiger partial charge in [0.1, 0.15) is 23.2 Å². The molecule has 1 heterocycles. The number of carbonyl (C=O) groups is 3. The third kappa shape index (κ3) is 5.07. The first-order valence-corrected chi connectivity index (χ1v) is 7.55. The van der Waals surface area contributed by atoms with Crippen molar-refractivity contribution < 1.29 is 18.8 Å². The fourth-order valence-corrected chi connectivity index (χ4v) is 1.94. The molecule has 0 saturated carbocycles. The first-order chi connectivity index (χ1) is 12.4. The highest BCUT2D eigenvalue weighted by molar-refractivity contribution is 6.39. The lowest BCUT2D eigenvalue weighted by atomic mass is 10.2. The third-order valence-electron chi connectivity index (χ3n) is 3.29. The predicted molar refractivity (Wildman–Crippen MR) is 93.1 cm³/mol. The van der Waals surface area contributed by atoms with Gasteiger partial charge in [0, 0.05) is 11.8 Å². The molecule has 0 radical (unpaired) electrons. The Bertz CT molecular complexity index is 904. The zero-order chi connectivity index (χ0) is 19.1. The molecule has 0 aliphatic heterocycles. The minimum absolute atomic E-state index is 0.0353. The largest absolute Gasteiger partial charge is 0.460 e. The highest BCUT2D eigenvalue weighted by atomic mass is 16.3. The lowest BCUT2D eigenvalue weighted by Gasteiger charge is -2.05. The molecular formula is C18H16N4O4. The lowest BCUT2D eigenvalue weighted by molar-refractivity contribution is -0.136. The van der Waals surface area contributed by atoms with Gasteiger partial charge in [-0.2, -0.15) is 5.26 Å². The van der Waals surface area contributed by atoms with Crippen molar-refractivity contribution in [2.45, 2.75) is 13.5 Å². The van der Waals surface area contributed by atoms with E-state index < -0.39 is 17.7 Å². The number of hydrogen-bond donors (Lipinski definition) is 3. The number of rotatable bonds is 5. The summed E-state index contributed by atoms with van der Waals surface area (Å²) in [6.07, 6.45) is 1.19. The summed E-state index contributed by atoms with van der Waals surface area (Å²) < 4.78 is 5.35. The molecule has 0 atom stereocenters. The van der Waals surface area contributed by atoms with Crippen LogP contribution in [0.4, 0.5) is 5.69 Å². The van der Waals surface area contributed by atoms with Crippen molar-refractivity contribution in [2.24, 2.45) is 5.73 Å². The Kier molecular flexibility index (Phi) is 5.90. The molecule has 26 heavy (non-hydrogen) atoms. The molecule has 8 heteroatoms. The average molecular weight is 352 g/mol. The van der Waals surface area contributed by atoms with Crippen LogP contribution in [0.3, 0.4) is 0 Å². The first kappa shape index (κ1) is 18.5. The van der Waals surface area contributed by atoms with E-state index in [1.54, 1.807) is 24.3 Å². The Labute approximate surface area is 149 Å². The number of nitrogens with one attached hydrogen (secondary N) is 2. The van der Waals surface area contributed by atoms with E-state index in [1.165, 1.54) is 12.1 Å². The molecule has 8 nitrogen and oxygen atoms in total. The Hall–Kier alpha value is -3.86. The number of amides is 3. The Morgan fingerprint density at radius 2 is 1.85 bits per heavy atom. The normalized spacial score (nSPS) is 10.7. The molecule has 0 aliphatic carbocycles. The first-order valence-electron chi connectivity index (χ1n) is 7.55. The number of benzene rings is 1. The van der Waals surface area contributed by atoms with E-state index in [9.17, 15) is 14.4 Å². The molecule has 0 fully saturated rings. The average Bonchev–Trinajstić information content (AvgIpc) is 3.06. The molecule has 3 amide bonds. The molecule has 0 saturated heterocycles. The fraction of sp³-hybridized carbons (Fsp3) is 0.111. The van der Waals surface area contributed by atoms with Crippen LogP contribution >= 0.6 is 0 Å². The summed E-state index contributed by atoms with van der Waals surface area (Å²) in [5, 5.41) is 13.7. The van der Waals surface area contributed by atoms with Crippen LogP contribution in [0.25, 0.3) is 6.08 Å². The monoisotopic (exact) mass is 352 g/mol. The van der Waals surface area contributed by atoms with Crippen LogP contribution in [-0.2, 0) is 20.9 Å². The summed E-state index contributed by atoms with van der Waals surface area (Å²) in [6.45, 7) is 1.88. The maximum atomic E-state index is 11.8. The summed E-state index contributed by atoms with van der Waals surface area (Å²) >= 11 is 0. The van der Waals surface area contributed by atoms with Crippen LogP contribution in [0.5, 0.6) is 0 Å². The molecule has 2 rings (SSSR count). The second kappa shape index (κ2) is 8.30. The van der Waals surface area contributed by atoms with Gasteiger partial charge in [-0.25, -0.2) is 0 Å². The number of nitrogens with two attached hydrogens (primary N) is 1. The number of hydrogen-bond acceptors (Lipinski definition) is 5. The van der Waals surface area contributed by atoms with Crippen molar-refractivity contribution in [3.63, 3.8) is 0 Å². The van der Waals surface area contributed by atoms with Crippen molar-refractivity contribution in [3.8, 4) is 6.07 Å². The van der Waals surface area contributed by atoms with Crippen LogP contribution < -0.4 is 16.4 Å². The summed E-state index contributed by atoms with van der Waals surface area (Å²) in [6, 6.07) is 11.7. The number of nitrogens with zero attached hydrogens (tertiary/aromatic N) is 1. The smallest absolute Gasteiger partial charge is 0.313 e. The summed E-state index contributed by atoms with van der Waals surface area (Å²) in [5.74, 6) is -1.93. The lowest BCUT2D eigenvalue weighted by Crippen LogP contribution is -2.34. The van der Waals surface area contributed by atoms with Gasteiger partial charge in [0.2, 0.25) is 0 Å². The molecule has 2 aromatic rings. The third-order valence-corrected chi connectivity index (χ3v) is 3.29. The number of anilines is 1. The van der Waals surface area contributed by atoms with Crippen LogP contribution in [-0.4, -0.2) is 17.7 Å². The molecule has 1 aromatic carbocycles. The zero-order valence-corrected chi connectivity index (χ0v) is 13.9. The Morgan fingerprint density at radius 1 is 1.15 bits per heavy atom. The van der Waals surface area contributed by atoms with Gasteiger partial charge < -0.3 is 20.8 Å². The summed E-state index contributed by atoms with van der Waals surface area (Å²) in [5.41, 5.74) is 6.32. The quantitative estimate of drug-likeness (QED) is 0.422. The molecule has 1 aromatic heterocycles. The van der Waals surface area contributed by atoms with Gasteiger partial charge in [-0.05, 0) is 31.2 Å². The van der Waals surface area contributed by atoms with E-state index in [-0.39, 0.29) is 17.9 Å². The topological polar surface area (TPSA) is 138 Å². The molecule has 0 aliphatic rings. The fourth-order valence-electron chi connectivity index (χ4n) is 1.94. The van der Waals surface area contributed by atoms with Gasteiger partial charge in [0.25, 0.3) is 5.91 Å². The van der Waals surface area contributed by atoms with E-state index in [2.05, 4.69) is 10.6 Å². The van der Waals surface area contributed by atoms with Gasteiger partial charge in [-0.15, -0.1) is 0 Å². The molecular weight excluding hydrogens is 336 g/mol. The molecule has 0 bridgehead atoms. The minimum atomic E-state index is -0.869. The highest BCUT2D eigenvalue weighted by Crippen LogP contribution is 2.12. The van der Waals surface area contributed by atoms with Crippen LogP contribution in [0.15, 0.2) is 46.4 Å². The maximum absolute atomic E-state index is 11.8. The Morgan fingerprint density at radius 3 is 2.46 bits per heavy atom. The van der Waals surface area contributed by atoms with E-state index in [4.69, 9.17) is 15.4 Å². The van der Waals surface area contributed by atoms with Gasteiger partial charge >= 0.3 is 11.8 Å². The SMILES string of the molecule is Cc1ccc(NC(=O)C(=O)NCc2ccc(/C=C(/C#N)C(N)=O)o2)cc1. The number of furan rings is 1. The zero-order valence-electron chi connectivity index (χ0n) is 13.9. The molecule has 132 valence electrons. The second-order valence-electron chi connectivity index (χ2n) is 5.34. The number of nitriles is 1. The maximum Gasteiger partial charge on any atom is 0.313 e. The van der Waals surface area contributed by atoms with Crippen molar-refractivity contribution in [2.75, 3.05) is 5.32 Å². The number of carbonyl (C=O) groups excluding carboxylic acids is 3. The van der Waals surface area contributed by atoms with Gasteiger partial charge in [-0.3, -0.25) is 14.4 Å². The number of aryl methyl sites for hydroxylation is 1. The summed E-state index contributed by atoms with van der Waals surface area (Å²) in [4.78, 5) is 34.6. The summed E-state index contributed by atoms with van der Waals surface area (Å²) in [7, 11) is 0. The van der Waals surface area contributed by atoms with Crippen LogP contribution in [0.2, 0.25) is 0 Å². The van der Waals surface area contributed by atoms with Crippen molar-refractivity contribution in [1.82, 2.24) is 5.32 Å². The molecule has 4 N–H and O–H groups in total. The minimum Gasteiger partial charge on any atom is -0.460 e. The number of primary amides is 1. The van der Waals surface area contributed by atoms with E-state index >= 15 is 0 Å². The van der Waals surface area contributed by atoms with Gasteiger partial charge in [-0.1, -0.05) is 17.7 Å². The highest BCUT2D eigenvalue weighted by Gasteiger charge is 2.14. The van der Waals surface area contributed by atoms with E-state index in [0.717, 1.165) is 5.56 Å². The second-order valence-corrected chi connectivity index (χ2v) is 5.34. The molecule has 0 spiro atoms. The van der Waals surface area contributed by atoms with Crippen LogP contribution in [0, 0.1) is 18.3 Å². The van der Waals surface area contributed by atoms with Crippen molar-refractivity contribution >= 4 is 29.5 Å².